The van der Waals surface area contributed by atoms with Gasteiger partial charge in [0.1, 0.15) is 6.04 Å². The number of hydrogen-bond donors (Lipinski definition) is 2. The average Bonchev–Trinajstić information content (AvgIpc) is 2.49. The van der Waals surface area contributed by atoms with Gasteiger partial charge in [0.2, 0.25) is 11.8 Å². The van der Waals surface area contributed by atoms with Gasteiger partial charge < -0.3 is 15.5 Å². The number of para-hydroxylation sites is 1. The average molecular weight is 305 g/mol. The molecule has 122 valence electrons. The molecule has 0 fully saturated rings. The van der Waals surface area contributed by atoms with Gasteiger partial charge in [0, 0.05) is 32.2 Å². The molecule has 1 aromatic carbocycles. The standard InChI is InChI=1S/C17H27N3O2/c1-12(2)16(19-14(4)21)17(22)18-11-13(3)20(5)15-9-7-6-8-10-15/h6-10,12-13,16H,11H2,1-5H3,(H,18,22)(H,19,21)/t13-,16-/m1/s1. The van der Waals surface area contributed by atoms with Crippen LogP contribution in [0.2, 0.25) is 0 Å². The summed E-state index contributed by atoms with van der Waals surface area (Å²) in [7, 11) is 2.00. The van der Waals surface area contributed by atoms with E-state index < -0.39 is 6.04 Å². The predicted molar refractivity (Wildman–Crippen MR) is 89.8 cm³/mol. The molecule has 0 heterocycles. The maximum absolute atomic E-state index is 12.2. The van der Waals surface area contributed by atoms with E-state index in [4.69, 9.17) is 0 Å². The van der Waals surface area contributed by atoms with Crippen LogP contribution >= 0.6 is 0 Å². The van der Waals surface area contributed by atoms with E-state index in [0.717, 1.165) is 5.69 Å². The summed E-state index contributed by atoms with van der Waals surface area (Å²) >= 11 is 0. The van der Waals surface area contributed by atoms with Gasteiger partial charge >= 0.3 is 0 Å². The SMILES string of the molecule is CC(=O)N[C@@H](C(=O)NC[C@@H](C)N(C)c1ccccc1)C(C)C. The number of hydrogen-bond acceptors (Lipinski definition) is 3. The first kappa shape index (κ1) is 18.0. The third kappa shape index (κ3) is 5.39. The fourth-order valence-corrected chi connectivity index (χ4v) is 2.17. The van der Waals surface area contributed by atoms with Crippen molar-refractivity contribution in [1.29, 1.82) is 0 Å². The lowest BCUT2D eigenvalue weighted by molar-refractivity contribution is -0.129. The highest BCUT2D eigenvalue weighted by atomic mass is 16.2. The van der Waals surface area contributed by atoms with E-state index in [1.54, 1.807) is 0 Å². The Bertz CT molecular complexity index is 488. The second kappa shape index (κ2) is 8.41. The van der Waals surface area contributed by atoms with Gasteiger partial charge in [-0.3, -0.25) is 9.59 Å². The summed E-state index contributed by atoms with van der Waals surface area (Å²) in [5.74, 6) is -0.284. The van der Waals surface area contributed by atoms with Crippen LogP contribution in [0.15, 0.2) is 30.3 Å². The molecule has 0 saturated heterocycles. The summed E-state index contributed by atoms with van der Waals surface area (Å²) in [6.45, 7) is 7.83. The summed E-state index contributed by atoms with van der Waals surface area (Å²) in [5.41, 5.74) is 1.10. The lowest BCUT2D eigenvalue weighted by Crippen LogP contribution is -2.51. The molecule has 0 aromatic heterocycles. The van der Waals surface area contributed by atoms with Crippen molar-refractivity contribution in [2.45, 2.75) is 39.8 Å². The topological polar surface area (TPSA) is 61.4 Å². The van der Waals surface area contributed by atoms with Crippen LogP contribution in [0.4, 0.5) is 5.69 Å². The number of anilines is 1. The molecular formula is C17H27N3O2. The van der Waals surface area contributed by atoms with Gasteiger partial charge in [-0.1, -0.05) is 32.0 Å². The molecule has 5 heteroatoms. The first-order valence-electron chi connectivity index (χ1n) is 7.65. The molecule has 0 aliphatic heterocycles. The van der Waals surface area contributed by atoms with Crippen molar-refractivity contribution in [3.63, 3.8) is 0 Å². The zero-order valence-corrected chi connectivity index (χ0v) is 14.1. The van der Waals surface area contributed by atoms with Crippen LogP contribution in [0.5, 0.6) is 0 Å². The minimum absolute atomic E-state index is 0.0473. The second-order valence-electron chi connectivity index (χ2n) is 5.96. The molecule has 2 N–H and O–H groups in total. The summed E-state index contributed by atoms with van der Waals surface area (Å²) in [4.78, 5) is 25.5. The van der Waals surface area contributed by atoms with Gasteiger partial charge in [0.15, 0.2) is 0 Å². The molecule has 0 saturated carbocycles. The van der Waals surface area contributed by atoms with Crippen molar-refractivity contribution in [2.75, 3.05) is 18.5 Å². The Morgan fingerprint density at radius 3 is 2.23 bits per heavy atom. The summed E-state index contributed by atoms with van der Waals surface area (Å²) in [5, 5.41) is 5.62. The van der Waals surface area contributed by atoms with Crippen LogP contribution in [0.1, 0.15) is 27.7 Å². The highest BCUT2D eigenvalue weighted by molar-refractivity contribution is 5.87. The second-order valence-corrected chi connectivity index (χ2v) is 5.96. The van der Waals surface area contributed by atoms with Crippen molar-refractivity contribution in [2.24, 2.45) is 5.92 Å². The van der Waals surface area contributed by atoms with E-state index in [2.05, 4.69) is 22.5 Å². The molecule has 5 nitrogen and oxygen atoms in total. The monoisotopic (exact) mass is 305 g/mol. The van der Waals surface area contributed by atoms with Crippen molar-refractivity contribution in [3.8, 4) is 0 Å². The third-order valence-corrected chi connectivity index (χ3v) is 3.70. The zero-order valence-electron chi connectivity index (χ0n) is 14.1. The van der Waals surface area contributed by atoms with Crippen molar-refractivity contribution >= 4 is 17.5 Å². The summed E-state index contributed by atoms with van der Waals surface area (Å²) < 4.78 is 0. The maximum Gasteiger partial charge on any atom is 0.242 e. The van der Waals surface area contributed by atoms with E-state index >= 15 is 0 Å². The molecule has 1 rings (SSSR count). The van der Waals surface area contributed by atoms with Gasteiger partial charge in [-0.05, 0) is 25.0 Å². The Labute approximate surface area is 133 Å². The summed E-state index contributed by atoms with van der Waals surface area (Å²) in [6.07, 6.45) is 0. The quantitative estimate of drug-likeness (QED) is 0.807. The van der Waals surface area contributed by atoms with Gasteiger partial charge in [-0.25, -0.2) is 0 Å². The Hall–Kier alpha value is -2.04. The van der Waals surface area contributed by atoms with Crippen molar-refractivity contribution in [1.82, 2.24) is 10.6 Å². The summed E-state index contributed by atoms with van der Waals surface area (Å²) in [6, 6.07) is 9.68. The van der Waals surface area contributed by atoms with Gasteiger partial charge in [-0.2, -0.15) is 0 Å². The number of carbonyl (C=O) groups is 2. The Balaban J connectivity index is 2.56. The molecule has 0 unspecified atom stereocenters. The molecule has 0 aliphatic carbocycles. The predicted octanol–water partition coefficient (Wildman–Crippen LogP) is 1.79. The fourth-order valence-electron chi connectivity index (χ4n) is 2.17. The first-order valence-corrected chi connectivity index (χ1v) is 7.65. The van der Waals surface area contributed by atoms with E-state index in [-0.39, 0.29) is 23.8 Å². The Kier molecular flexibility index (Phi) is 6.89. The normalized spacial score (nSPS) is 13.4. The highest BCUT2D eigenvalue weighted by Crippen LogP contribution is 2.13. The maximum atomic E-state index is 12.2. The van der Waals surface area contributed by atoms with Crippen LogP contribution in [-0.4, -0.2) is 37.5 Å². The molecule has 0 radical (unpaired) electrons. The lowest BCUT2D eigenvalue weighted by atomic mass is 10.0. The van der Waals surface area contributed by atoms with E-state index in [1.165, 1.54) is 6.92 Å². The van der Waals surface area contributed by atoms with Crippen molar-refractivity contribution in [3.05, 3.63) is 30.3 Å². The molecule has 2 atom stereocenters. The molecular weight excluding hydrogens is 278 g/mol. The molecule has 0 spiro atoms. The first-order chi connectivity index (χ1) is 10.3. The number of benzene rings is 1. The number of amides is 2. The molecule has 2 amide bonds. The minimum atomic E-state index is -0.494. The third-order valence-electron chi connectivity index (χ3n) is 3.70. The molecule has 0 bridgehead atoms. The highest BCUT2D eigenvalue weighted by Gasteiger charge is 2.23. The van der Waals surface area contributed by atoms with E-state index in [1.807, 2.05) is 51.2 Å². The van der Waals surface area contributed by atoms with Crippen LogP contribution in [0, 0.1) is 5.92 Å². The van der Waals surface area contributed by atoms with E-state index in [9.17, 15) is 9.59 Å². The van der Waals surface area contributed by atoms with Crippen molar-refractivity contribution < 1.29 is 9.59 Å². The van der Waals surface area contributed by atoms with Crippen LogP contribution < -0.4 is 15.5 Å². The molecule has 0 aliphatic rings. The number of nitrogens with one attached hydrogen (secondary N) is 2. The smallest absolute Gasteiger partial charge is 0.242 e. The zero-order chi connectivity index (χ0) is 16.7. The van der Waals surface area contributed by atoms with Gasteiger partial charge in [0.05, 0.1) is 0 Å². The molecule has 1 aromatic rings. The Morgan fingerprint density at radius 2 is 1.73 bits per heavy atom. The molecule has 22 heavy (non-hydrogen) atoms. The van der Waals surface area contributed by atoms with Crippen LogP contribution in [0.25, 0.3) is 0 Å². The largest absolute Gasteiger partial charge is 0.370 e. The number of rotatable bonds is 7. The van der Waals surface area contributed by atoms with Crippen LogP contribution in [0.3, 0.4) is 0 Å². The number of carbonyl (C=O) groups excluding carboxylic acids is 2. The van der Waals surface area contributed by atoms with Gasteiger partial charge in [0.25, 0.3) is 0 Å². The van der Waals surface area contributed by atoms with Gasteiger partial charge in [-0.15, -0.1) is 0 Å². The number of likely N-dealkylation sites (N-methyl/N-ethyl adjacent to an activating group) is 1. The minimum Gasteiger partial charge on any atom is -0.370 e. The van der Waals surface area contributed by atoms with Crippen LogP contribution in [-0.2, 0) is 9.59 Å². The fraction of sp³-hybridized carbons (Fsp3) is 0.529. The van der Waals surface area contributed by atoms with E-state index in [0.29, 0.717) is 6.54 Å². The number of nitrogens with zero attached hydrogens (tertiary/aromatic N) is 1. The lowest BCUT2D eigenvalue weighted by Gasteiger charge is -2.28. The Morgan fingerprint density at radius 1 is 1.14 bits per heavy atom.